The van der Waals surface area contributed by atoms with E-state index in [4.69, 9.17) is 9.72 Å². The van der Waals surface area contributed by atoms with Crippen LogP contribution in [0, 0.1) is 0 Å². The van der Waals surface area contributed by atoms with Gasteiger partial charge in [0.1, 0.15) is 18.7 Å². The van der Waals surface area contributed by atoms with Crippen LogP contribution in [0.15, 0.2) is 36.7 Å². The molecular formula is C23H31N7O2. The number of ether oxygens (including phenoxy) is 1. The lowest BCUT2D eigenvalue weighted by molar-refractivity contribution is -0.127. The summed E-state index contributed by atoms with van der Waals surface area (Å²) in [6.45, 7) is 7.73. The summed E-state index contributed by atoms with van der Waals surface area (Å²) in [6, 6.07) is 9.92. The van der Waals surface area contributed by atoms with Crippen LogP contribution in [0.25, 0.3) is 11.2 Å². The van der Waals surface area contributed by atoms with Crippen LogP contribution in [0.3, 0.4) is 0 Å². The van der Waals surface area contributed by atoms with Gasteiger partial charge in [-0.1, -0.05) is 18.2 Å². The Morgan fingerprint density at radius 3 is 2.72 bits per heavy atom. The summed E-state index contributed by atoms with van der Waals surface area (Å²) < 4.78 is 7.84. The molecule has 1 amide bonds. The fourth-order valence-electron chi connectivity index (χ4n) is 3.92. The van der Waals surface area contributed by atoms with E-state index in [0.29, 0.717) is 25.4 Å². The van der Waals surface area contributed by atoms with Crippen LogP contribution in [-0.4, -0.2) is 63.1 Å². The maximum absolute atomic E-state index is 11.8. The molecule has 0 atom stereocenters. The summed E-state index contributed by atoms with van der Waals surface area (Å²) in [6.07, 6.45) is 4.09. The average molecular weight is 438 g/mol. The first-order valence-corrected chi connectivity index (χ1v) is 11.3. The van der Waals surface area contributed by atoms with Crippen LogP contribution >= 0.6 is 0 Å². The molecule has 9 heteroatoms. The van der Waals surface area contributed by atoms with Gasteiger partial charge in [0, 0.05) is 32.1 Å². The van der Waals surface area contributed by atoms with Crippen molar-refractivity contribution in [2.45, 2.75) is 39.2 Å². The number of likely N-dealkylation sites (tertiary alicyclic amines) is 1. The molecule has 0 radical (unpaired) electrons. The Morgan fingerprint density at radius 1 is 1.12 bits per heavy atom. The van der Waals surface area contributed by atoms with Crippen molar-refractivity contribution in [2.24, 2.45) is 0 Å². The maximum atomic E-state index is 11.8. The summed E-state index contributed by atoms with van der Waals surface area (Å²) in [4.78, 5) is 27.4. The Morgan fingerprint density at radius 2 is 1.97 bits per heavy atom. The topological polar surface area (TPSA) is 97.2 Å². The van der Waals surface area contributed by atoms with Gasteiger partial charge in [-0.25, -0.2) is 15.0 Å². The van der Waals surface area contributed by atoms with Gasteiger partial charge in [-0.05, 0) is 38.8 Å². The van der Waals surface area contributed by atoms with E-state index in [9.17, 15) is 4.79 Å². The van der Waals surface area contributed by atoms with Crippen molar-refractivity contribution in [2.75, 3.05) is 43.4 Å². The molecular weight excluding hydrogens is 406 g/mol. The van der Waals surface area contributed by atoms with E-state index in [1.54, 1.807) is 6.33 Å². The van der Waals surface area contributed by atoms with Gasteiger partial charge >= 0.3 is 0 Å². The molecule has 1 saturated heterocycles. The molecule has 3 aromatic rings. The van der Waals surface area contributed by atoms with Crippen molar-refractivity contribution in [3.05, 3.63) is 36.7 Å². The highest BCUT2D eigenvalue weighted by Crippen LogP contribution is 2.26. The molecule has 4 rings (SSSR count). The maximum Gasteiger partial charge on any atom is 0.222 e. The highest BCUT2D eigenvalue weighted by atomic mass is 16.5. The van der Waals surface area contributed by atoms with Gasteiger partial charge in [0.25, 0.3) is 0 Å². The number of rotatable bonds is 11. The number of carbonyl (C=O) groups is 1. The first kappa shape index (κ1) is 21.9. The van der Waals surface area contributed by atoms with E-state index in [1.165, 1.54) is 0 Å². The molecule has 0 bridgehead atoms. The number of hydrogen-bond acceptors (Lipinski definition) is 7. The van der Waals surface area contributed by atoms with Gasteiger partial charge in [0.2, 0.25) is 11.9 Å². The zero-order valence-electron chi connectivity index (χ0n) is 18.8. The monoisotopic (exact) mass is 437 g/mol. The first-order valence-electron chi connectivity index (χ1n) is 11.3. The Hall–Kier alpha value is -3.36. The Balaban J connectivity index is 1.39. The van der Waals surface area contributed by atoms with Crippen molar-refractivity contribution >= 4 is 28.8 Å². The van der Waals surface area contributed by atoms with Crippen LogP contribution in [-0.2, 0) is 4.79 Å². The molecule has 3 heterocycles. The molecule has 1 fully saturated rings. The number of anilines is 2. The molecule has 170 valence electrons. The van der Waals surface area contributed by atoms with Crippen LogP contribution < -0.4 is 15.4 Å². The molecule has 0 spiro atoms. The number of imidazole rings is 1. The molecule has 0 unspecified atom stereocenters. The molecule has 1 aliphatic rings. The van der Waals surface area contributed by atoms with E-state index >= 15 is 0 Å². The molecule has 32 heavy (non-hydrogen) atoms. The second-order valence-corrected chi connectivity index (χ2v) is 8.15. The third kappa shape index (κ3) is 5.09. The SMILES string of the molecule is CC(C)n1c(NCCCN2CCCC2=O)nc2c(NCCOc3ccccc3)ncnc21. The van der Waals surface area contributed by atoms with Gasteiger partial charge in [-0.2, -0.15) is 0 Å². The van der Waals surface area contributed by atoms with Crippen LogP contribution in [0.1, 0.15) is 39.2 Å². The second kappa shape index (κ2) is 10.3. The lowest BCUT2D eigenvalue weighted by Gasteiger charge is -2.16. The summed E-state index contributed by atoms with van der Waals surface area (Å²) >= 11 is 0. The average Bonchev–Trinajstić information content (AvgIpc) is 3.38. The molecule has 2 N–H and O–H groups in total. The predicted octanol–water partition coefficient (Wildman–Crippen LogP) is 3.32. The quantitative estimate of drug-likeness (QED) is 0.444. The predicted molar refractivity (Wildman–Crippen MR) is 125 cm³/mol. The minimum Gasteiger partial charge on any atom is -0.492 e. The number of para-hydroxylation sites is 1. The number of hydrogen-bond donors (Lipinski definition) is 2. The first-order chi connectivity index (χ1) is 15.6. The summed E-state index contributed by atoms with van der Waals surface area (Å²) in [5, 5.41) is 6.76. The fraction of sp³-hybridized carbons (Fsp3) is 0.478. The van der Waals surface area contributed by atoms with Crippen molar-refractivity contribution in [3.8, 4) is 5.75 Å². The molecule has 0 saturated carbocycles. The number of benzene rings is 1. The van der Waals surface area contributed by atoms with Crippen LogP contribution in [0.4, 0.5) is 11.8 Å². The fourth-order valence-corrected chi connectivity index (χ4v) is 3.92. The molecule has 0 aliphatic carbocycles. The van der Waals surface area contributed by atoms with E-state index < -0.39 is 0 Å². The zero-order chi connectivity index (χ0) is 22.3. The van der Waals surface area contributed by atoms with E-state index in [-0.39, 0.29) is 11.9 Å². The van der Waals surface area contributed by atoms with Crippen LogP contribution in [0.2, 0.25) is 0 Å². The van der Waals surface area contributed by atoms with Crippen LogP contribution in [0.5, 0.6) is 5.75 Å². The second-order valence-electron chi connectivity index (χ2n) is 8.15. The lowest BCUT2D eigenvalue weighted by Crippen LogP contribution is -2.27. The lowest BCUT2D eigenvalue weighted by atomic mass is 10.3. The third-order valence-corrected chi connectivity index (χ3v) is 5.46. The summed E-state index contributed by atoms with van der Waals surface area (Å²) in [5.41, 5.74) is 1.52. The number of amides is 1. The van der Waals surface area contributed by atoms with Gasteiger partial charge in [0.15, 0.2) is 17.0 Å². The number of aromatic nitrogens is 4. The van der Waals surface area contributed by atoms with Gasteiger partial charge in [-0.15, -0.1) is 0 Å². The zero-order valence-corrected chi connectivity index (χ0v) is 18.8. The normalized spacial score (nSPS) is 13.8. The van der Waals surface area contributed by atoms with Gasteiger partial charge in [0.05, 0.1) is 6.54 Å². The smallest absolute Gasteiger partial charge is 0.222 e. The Labute approximate surface area is 188 Å². The molecule has 1 aromatic carbocycles. The minimum absolute atomic E-state index is 0.187. The number of nitrogens with zero attached hydrogens (tertiary/aromatic N) is 5. The Kier molecular flexibility index (Phi) is 7.03. The van der Waals surface area contributed by atoms with Crippen molar-refractivity contribution < 1.29 is 9.53 Å². The number of fused-ring (bicyclic) bond motifs is 1. The van der Waals surface area contributed by atoms with E-state index in [0.717, 1.165) is 55.3 Å². The van der Waals surface area contributed by atoms with E-state index in [2.05, 4.69) is 39.0 Å². The van der Waals surface area contributed by atoms with Gasteiger partial charge < -0.3 is 20.3 Å². The van der Waals surface area contributed by atoms with Crippen molar-refractivity contribution in [3.63, 3.8) is 0 Å². The number of carbonyl (C=O) groups excluding carboxylic acids is 1. The molecule has 2 aromatic heterocycles. The van der Waals surface area contributed by atoms with Crippen molar-refractivity contribution in [1.29, 1.82) is 0 Å². The molecule has 9 nitrogen and oxygen atoms in total. The van der Waals surface area contributed by atoms with Gasteiger partial charge in [-0.3, -0.25) is 9.36 Å². The van der Waals surface area contributed by atoms with Crippen molar-refractivity contribution in [1.82, 2.24) is 24.4 Å². The molecule has 1 aliphatic heterocycles. The number of nitrogens with one attached hydrogen (secondary N) is 2. The summed E-state index contributed by atoms with van der Waals surface area (Å²) in [5.74, 6) is 2.57. The minimum atomic E-state index is 0.187. The highest BCUT2D eigenvalue weighted by molar-refractivity contribution is 5.85. The highest BCUT2D eigenvalue weighted by Gasteiger charge is 2.20. The van der Waals surface area contributed by atoms with E-state index in [1.807, 2.05) is 35.2 Å². The Bertz CT molecular complexity index is 1040. The third-order valence-electron chi connectivity index (χ3n) is 5.46. The largest absolute Gasteiger partial charge is 0.492 e. The summed E-state index contributed by atoms with van der Waals surface area (Å²) in [7, 11) is 0. The standard InChI is InChI=1S/C23H31N7O2/c1-17(2)30-22-20(28-23(30)25-11-7-14-29-13-6-10-19(29)31)21(26-16-27-22)24-12-15-32-18-8-4-3-5-9-18/h3-5,8-9,16-17H,6-7,10-15H2,1-2H3,(H,25,28)(H,24,26,27).